The maximum atomic E-state index is 12.4. The molecule has 2 aromatic rings. The van der Waals surface area contributed by atoms with Gasteiger partial charge in [0.25, 0.3) is 5.56 Å². The lowest BCUT2D eigenvalue weighted by atomic mass is 9.86. The lowest BCUT2D eigenvalue weighted by molar-refractivity contribution is 0.240. The van der Waals surface area contributed by atoms with Crippen LogP contribution in [0.25, 0.3) is 11.1 Å². The van der Waals surface area contributed by atoms with E-state index in [1.165, 1.54) is 11.1 Å². The highest BCUT2D eigenvalue weighted by molar-refractivity contribution is 5.67. The van der Waals surface area contributed by atoms with Crippen LogP contribution in [-0.2, 0) is 6.54 Å². The molecule has 6 nitrogen and oxygen atoms in total. The number of ether oxygens (including phenoxy) is 1. The highest BCUT2D eigenvalue weighted by Gasteiger charge is 2.20. The summed E-state index contributed by atoms with van der Waals surface area (Å²) in [5.41, 5.74) is 9.43. The average Bonchev–Trinajstić information content (AvgIpc) is 2.72. The van der Waals surface area contributed by atoms with Gasteiger partial charge >= 0.3 is 0 Å². The van der Waals surface area contributed by atoms with Crippen LogP contribution in [0.15, 0.2) is 64.8 Å². The Hall–Kier alpha value is -2.99. The van der Waals surface area contributed by atoms with Gasteiger partial charge in [0.05, 0.1) is 12.2 Å². The van der Waals surface area contributed by atoms with Gasteiger partial charge in [-0.2, -0.15) is 4.98 Å². The first kappa shape index (κ1) is 21.7. The largest absolute Gasteiger partial charge is 0.476 e. The molecule has 30 heavy (non-hydrogen) atoms. The molecule has 0 bridgehead atoms. The van der Waals surface area contributed by atoms with Crippen molar-refractivity contribution < 1.29 is 4.74 Å². The van der Waals surface area contributed by atoms with Gasteiger partial charge in [-0.25, -0.2) is 4.98 Å². The SMILES string of the molecule is CC1=C/C=C(\C)[C@@H](C)C(COc2nc(C)ncc2-c2ccn(CCN)c(=O)c2)C=C1. The van der Waals surface area contributed by atoms with Crippen LogP contribution in [0, 0.1) is 18.8 Å². The highest BCUT2D eigenvalue weighted by Crippen LogP contribution is 2.29. The van der Waals surface area contributed by atoms with E-state index in [2.05, 4.69) is 55.0 Å². The molecule has 1 unspecified atom stereocenters. The van der Waals surface area contributed by atoms with E-state index in [4.69, 9.17) is 10.5 Å². The second kappa shape index (κ2) is 9.67. The Kier molecular flexibility index (Phi) is 7.00. The van der Waals surface area contributed by atoms with Crippen molar-refractivity contribution in [1.82, 2.24) is 14.5 Å². The molecule has 0 saturated carbocycles. The molecule has 6 heteroatoms. The number of pyridine rings is 1. The first-order valence-corrected chi connectivity index (χ1v) is 10.3. The van der Waals surface area contributed by atoms with Gasteiger partial charge in [0.2, 0.25) is 5.88 Å². The van der Waals surface area contributed by atoms with Gasteiger partial charge < -0.3 is 15.0 Å². The predicted octanol–water partition coefficient (Wildman–Crippen LogP) is 3.67. The van der Waals surface area contributed by atoms with Gasteiger partial charge in [0.15, 0.2) is 0 Å². The number of nitrogens with zero attached hydrogens (tertiary/aromatic N) is 3. The van der Waals surface area contributed by atoms with Crippen molar-refractivity contribution in [3.05, 3.63) is 76.2 Å². The number of aryl methyl sites for hydroxylation is 1. The molecule has 158 valence electrons. The molecule has 1 aliphatic rings. The van der Waals surface area contributed by atoms with Crippen molar-refractivity contribution in [3.63, 3.8) is 0 Å². The number of nitrogens with two attached hydrogens (primary N) is 1. The molecule has 0 fully saturated rings. The third-order valence-corrected chi connectivity index (χ3v) is 5.54. The smallest absolute Gasteiger partial charge is 0.251 e. The highest BCUT2D eigenvalue weighted by atomic mass is 16.5. The molecule has 2 atom stereocenters. The van der Waals surface area contributed by atoms with Gasteiger partial charge in [0.1, 0.15) is 5.82 Å². The molecule has 0 amide bonds. The summed E-state index contributed by atoms with van der Waals surface area (Å²) in [6, 6.07) is 3.45. The zero-order valence-corrected chi connectivity index (χ0v) is 18.1. The van der Waals surface area contributed by atoms with Crippen LogP contribution in [-0.4, -0.2) is 27.7 Å². The van der Waals surface area contributed by atoms with Crippen LogP contribution in [0.4, 0.5) is 0 Å². The molecular weight excluding hydrogens is 376 g/mol. The minimum atomic E-state index is -0.107. The normalized spacial score (nSPS) is 20.7. The average molecular weight is 407 g/mol. The maximum absolute atomic E-state index is 12.4. The van der Waals surface area contributed by atoms with Crippen LogP contribution in [0.2, 0.25) is 0 Å². The predicted molar refractivity (Wildman–Crippen MR) is 120 cm³/mol. The topological polar surface area (TPSA) is 83.0 Å². The second-order valence-corrected chi connectivity index (χ2v) is 7.82. The summed E-state index contributed by atoms with van der Waals surface area (Å²) in [5.74, 6) is 1.68. The van der Waals surface area contributed by atoms with E-state index in [0.717, 1.165) is 5.56 Å². The van der Waals surface area contributed by atoms with Gasteiger partial charge in [-0.05, 0) is 38.3 Å². The minimum Gasteiger partial charge on any atom is -0.476 e. The standard InChI is InChI=1S/C24H30N4O2/c1-16-5-7-17(2)18(3)21(8-6-16)15-30-24-22(14-26-19(4)27-24)20-9-11-28(12-10-25)23(29)13-20/h5-9,11,13-14,18,21H,10,12,15,25H2,1-4H3/b8-6?,16-5?,17-7+/t18-,21?/m1/s1. The van der Waals surface area contributed by atoms with E-state index < -0.39 is 0 Å². The lowest BCUT2D eigenvalue weighted by Crippen LogP contribution is -2.23. The molecule has 0 aromatic carbocycles. The zero-order chi connectivity index (χ0) is 21.7. The van der Waals surface area contributed by atoms with E-state index in [1.807, 2.05) is 13.0 Å². The molecule has 2 aromatic heterocycles. The Morgan fingerprint density at radius 3 is 2.77 bits per heavy atom. The number of rotatable bonds is 6. The number of allylic oxidation sites excluding steroid dienone is 5. The third kappa shape index (κ3) is 5.13. The van der Waals surface area contributed by atoms with Crippen molar-refractivity contribution in [1.29, 1.82) is 0 Å². The van der Waals surface area contributed by atoms with Crippen LogP contribution < -0.4 is 16.0 Å². The molecular formula is C24H30N4O2. The third-order valence-electron chi connectivity index (χ3n) is 5.54. The summed E-state index contributed by atoms with van der Waals surface area (Å²) in [6.07, 6.45) is 12.1. The molecule has 2 heterocycles. The van der Waals surface area contributed by atoms with E-state index in [-0.39, 0.29) is 11.5 Å². The lowest BCUT2D eigenvalue weighted by Gasteiger charge is -2.23. The Labute approximate surface area is 177 Å². The molecule has 3 rings (SSSR count). The van der Waals surface area contributed by atoms with E-state index in [0.29, 0.717) is 42.9 Å². The summed E-state index contributed by atoms with van der Waals surface area (Å²) in [4.78, 5) is 21.2. The van der Waals surface area contributed by atoms with E-state index in [9.17, 15) is 4.79 Å². The molecule has 2 N–H and O–H groups in total. The molecule has 0 spiro atoms. The van der Waals surface area contributed by atoms with Crippen molar-refractivity contribution in [2.75, 3.05) is 13.2 Å². The summed E-state index contributed by atoms with van der Waals surface area (Å²) < 4.78 is 7.79. The van der Waals surface area contributed by atoms with Crippen LogP contribution in [0.5, 0.6) is 5.88 Å². The molecule has 0 aliphatic heterocycles. The maximum Gasteiger partial charge on any atom is 0.251 e. The van der Waals surface area contributed by atoms with Crippen molar-refractivity contribution >= 4 is 0 Å². The van der Waals surface area contributed by atoms with Gasteiger partial charge in [-0.3, -0.25) is 4.79 Å². The monoisotopic (exact) mass is 406 g/mol. The van der Waals surface area contributed by atoms with Crippen molar-refractivity contribution in [2.24, 2.45) is 17.6 Å². The first-order chi connectivity index (χ1) is 14.4. The van der Waals surface area contributed by atoms with Gasteiger partial charge in [-0.1, -0.05) is 42.4 Å². The van der Waals surface area contributed by atoms with Gasteiger partial charge in [0, 0.05) is 37.5 Å². The number of aromatic nitrogens is 3. The molecule has 0 radical (unpaired) electrons. The Balaban J connectivity index is 1.88. The van der Waals surface area contributed by atoms with Crippen LogP contribution in [0.1, 0.15) is 26.6 Å². The molecule has 0 saturated heterocycles. The Morgan fingerprint density at radius 1 is 1.23 bits per heavy atom. The van der Waals surface area contributed by atoms with Crippen molar-refractivity contribution in [3.8, 4) is 17.0 Å². The van der Waals surface area contributed by atoms with E-state index >= 15 is 0 Å². The fraction of sp³-hybridized carbons (Fsp3) is 0.375. The number of hydrogen-bond acceptors (Lipinski definition) is 5. The summed E-state index contributed by atoms with van der Waals surface area (Å²) >= 11 is 0. The Morgan fingerprint density at radius 2 is 2.03 bits per heavy atom. The fourth-order valence-electron chi connectivity index (χ4n) is 3.38. The second-order valence-electron chi connectivity index (χ2n) is 7.82. The molecule has 1 aliphatic carbocycles. The zero-order valence-electron chi connectivity index (χ0n) is 18.1. The van der Waals surface area contributed by atoms with Gasteiger partial charge in [-0.15, -0.1) is 0 Å². The minimum absolute atomic E-state index is 0.107. The number of hydrogen-bond donors (Lipinski definition) is 1. The summed E-state index contributed by atoms with van der Waals surface area (Å²) in [7, 11) is 0. The summed E-state index contributed by atoms with van der Waals surface area (Å²) in [5, 5.41) is 0. The Bertz CT molecular complexity index is 1050. The van der Waals surface area contributed by atoms with Crippen LogP contribution in [0.3, 0.4) is 0 Å². The van der Waals surface area contributed by atoms with E-state index in [1.54, 1.807) is 23.0 Å². The van der Waals surface area contributed by atoms with Crippen LogP contribution >= 0.6 is 0 Å². The fourth-order valence-corrected chi connectivity index (χ4v) is 3.38. The quantitative estimate of drug-likeness (QED) is 0.791. The first-order valence-electron chi connectivity index (χ1n) is 10.3. The van der Waals surface area contributed by atoms with Crippen molar-refractivity contribution in [2.45, 2.75) is 34.2 Å². The summed E-state index contributed by atoms with van der Waals surface area (Å²) in [6.45, 7) is 9.67.